The third kappa shape index (κ3) is 3.31. The molecule has 3 nitrogen and oxygen atoms in total. The van der Waals surface area contributed by atoms with Crippen LogP contribution in [0.25, 0.3) is 0 Å². The summed E-state index contributed by atoms with van der Waals surface area (Å²) in [5.41, 5.74) is 0.363. The Bertz CT molecular complexity index is 440. The predicted octanol–water partition coefficient (Wildman–Crippen LogP) is 1.54. The Labute approximate surface area is 91.7 Å². The molecule has 0 bridgehead atoms. The number of hydrogen-bond donors (Lipinski definition) is 1. The summed E-state index contributed by atoms with van der Waals surface area (Å²) in [4.78, 5) is 11.3. The van der Waals surface area contributed by atoms with E-state index in [1.54, 1.807) is 0 Å². The second kappa shape index (κ2) is 5.21. The maximum Gasteiger partial charge on any atom is 0.225 e. The van der Waals surface area contributed by atoms with Gasteiger partial charge < -0.3 is 5.32 Å². The highest BCUT2D eigenvalue weighted by molar-refractivity contribution is 5.79. The topological polar surface area (TPSA) is 52.9 Å². The largest absolute Gasteiger partial charge is 0.340 e. The lowest BCUT2D eigenvalue weighted by Gasteiger charge is -2.06. The Morgan fingerprint density at radius 2 is 2.19 bits per heavy atom. The van der Waals surface area contributed by atoms with E-state index in [1.807, 2.05) is 6.07 Å². The number of carbonyl (C=O) groups excluding carboxylic acids is 1. The van der Waals surface area contributed by atoms with E-state index in [2.05, 4.69) is 5.32 Å². The van der Waals surface area contributed by atoms with E-state index in [4.69, 9.17) is 5.26 Å². The molecule has 0 spiro atoms. The summed E-state index contributed by atoms with van der Waals surface area (Å²) in [6.07, 6.45) is -0.0801. The molecule has 1 aromatic carbocycles. The highest BCUT2D eigenvalue weighted by Gasteiger charge is 2.09. The van der Waals surface area contributed by atoms with Gasteiger partial charge in [-0.15, -0.1) is 0 Å². The molecule has 16 heavy (non-hydrogen) atoms. The molecular weight excluding hydrogens is 214 g/mol. The number of carbonyl (C=O) groups is 1. The van der Waals surface area contributed by atoms with Gasteiger partial charge in [0.2, 0.25) is 5.91 Å². The Morgan fingerprint density at radius 1 is 1.50 bits per heavy atom. The lowest BCUT2D eigenvalue weighted by Crippen LogP contribution is -2.32. The minimum atomic E-state index is -0.987. The molecule has 0 aliphatic carbocycles. The Hall–Kier alpha value is -1.96. The highest BCUT2D eigenvalue weighted by atomic mass is 19.2. The molecule has 1 unspecified atom stereocenters. The van der Waals surface area contributed by atoms with Gasteiger partial charge in [-0.2, -0.15) is 5.26 Å². The monoisotopic (exact) mass is 224 g/mol. The fraction of sp³-hybridized carbons (Fsp3) is 0.273. The van der Waals surface area contributed by atoms with Gasteiger partial charge in [0, 0.05) is 0 Å². The van der Waals surface area contributed by atoms with E-state index in [-0.39, 0.29) is 6.42 Å². The van der Waals surface area contributed by atoms with Gasteiger partial charge in [0.25, 0.3) is 0 Å². The number of nitrogens with zero attached hydrogens (tertiary/aromatic N) is 1. The van der Waals surface area contributed by atoms with Crippen molar-refractivity contribution in [3.63, 3.8) is 0 Å². The molecule has 0 aromatic heterocycles. The van der Waals surface area contributed by atoms with Crippen LogP contribution in [0.5, 0.6) is 0 Å². The first-order chi connectivity index (χ1) is 7.52. The summed E-state index contributed by atoms with van der Waals surface area (Å²) >= 11 is 0. The first-order valence-corrected chi connectivity index (χ1v) is 4.66. The third-order valence-corrected chi connectivity index (χ3v) is 1.92. The zero-order chi connectivity index (χ0) is 12.1. The van der Waals surface area contributed by atoms with Crippen LogP contribution in [0.3, 0.4) is 0 Å². The first kappa shape index (κ1) is 12.1. The molecule has 5 heteroatoms. The zero-order valence-electron chi connectivity index (χ0n) is 8.63. The van der Waals surface area contributed by atoms with Gasteiger partial charge in [-0.05, 0) is 24.6 Å². The standard InChI is InChI=1S/C11H10F2N2O/c1-7(6-14)15-11(16)5-8-2-3-9(12)10(13)4-8/h2-4,7H,5H2,1H3,(H,15,16). The molecule has 1 aromatic rings. The van der Waals surface area contributed by atoms with Crippen molar-refractivity contribution in [1.29, 1.82) is 5.26 Å². The highest BCUT2D eigenvalue weighted by Crippen LogP contribution is 2.09. The number of amides is 1. The molecule has 0 aliphatic heterocycles. The van der Waals surface area contributed by atoms with E-state index in [9.17, 15) is 13.6 Å². The van der Waals surface area contributed by atoms with Crippen LogP contribution in [-0.2, 0) is 11.2 Å². The van der Waals surface area contributed by atoms with Crippen LogP contribution in [0.4, 0.5) is 8.78 Å². The fourth-order valence-electron chi connectivity index (χ4n) is 1.16. The van der Waals surface area contributed by atoms with Gasteiger partial charge in [-0.3, -0.25) is 4.79 Å². The second-order valence-corrected chi connectivity index (χ2v) is 3.34. The van der Waals surface area contributed by atoms with Crippen LogP contribution in [0.2, 0.25) is 0 Å². The predicted molar refractivity (Wildman–Crippen MR) is 53.3 cm³/mol. The number of hydrogen-bond acceptors (Lipinski definition) is 2. The molecule has 0 fully saturated rings. The summed E-state index contributed by atoms with van der Waals surface area (Å²) in [6, 6.07) is 4.49. The molecule has 0 saturated heterocycles. The van der Waals surface area contributed by atoms with Crippen molar-refractivity contribution in [2.75, 3.05) is 0 Å². The Kier molecular flexibility index (Phi) is 3.95. The Morgan fingerprint density at radius 3 is 2.75 bits per heavy atom. The number of rotatable bonds is 3. The van der Waals surface area contributed by atoms with Gasteiger partial charge in [0.1, 0.15) is 6.04 Å². The van der Waals surface area contributed by atoms with Gasteiger partial charge in [0.15, 0.2) is 11.6 Å². The van der Waals surface area contributed by atoms with Crippen LogP contribution in [0.15, 0.2) is 18.2 Å². The van der Waals surface area contributed by atoms with Gasteiger partial charge in [0.05, 0.1) is 12.5 Å². The van der Waals surface area contributed by atoms with Crippen molar-refractivity contribution < 1.29 is 13.6 Å². The van der Waals surface area contributed by atoms with Crippen molar-refractivity contribution in [3.8, 4) is 6.07 Å². The minimum absolute atomic E-state index is 0.0801. The number of nitriles is 1. The van der Waals surface area contributed by atoms with Crippen molar-refractivity contribution >= 4 is 5.91 Å². The van der Waals surface area contributed by atoms with E-state index < -0.39 is 23.6 Å². The number of benzene rings is 1. The van der Waals surface area contributed by atoms with Crippen molar-refractivity contribution in [3.05, 3.63) is 35.4 Å². The van der Waals surface area contributed by atoms with Crippen LogP contribution in [0.1, 0.15) is 12.5 Å². The molecule has 1 N–H and O–H groups in total. The number of halogens is 2. The van der Waals surface area contributed by atoms with Gasteiger partial charge in [-0.25, -0.2) is 8.78 Å². The average Bonchev–Trinajstić information content (AvgIpc) is 2.23. The van der Waals surface area contributed by atoms with Crippen molar-refractivity contribution in [2.45, 2.75) is 19.4 Å². The molecule has 0 heterocycles. The zero-order valence-corrected chi connectivity index (χ0v) is 8.63. The van der Waals surface area contributed by atoms with Crippen LogP contribution >= 0.6 is 0 Å². The summed E-state index contributed by atoms with van der Waals surface area (Å²) in [7, 11) is 0. The molecule has 0 radical (unpaired) electrons. The molecule has 1 rings (SSSR count). The molecule has 84 valence electrons. The molecule has 1 amide bonds. The van der Waals surface area contributed by atoms with Gasteiger partial charge in [-0.1, -0.05) is 6.07 Å². The fourth-order valence-corrected chi connectivity index (χ4v) is 1.16. The molecular formula is C11H10F2N2O. The lowest BCUT2D eigenvalue weighted by molar-refractivity contribution is -0.120. The third-order valence-electron chi connectivity index (χ3n) is 1.92. The first-order valence-electron chi connectivity index (χ1n) is 4.66. The number of nitrogens with one attached hydrogen (secondary N) is 1. The average molecular weight is 224 g/mol. The van der Waals surface area contributed by atoms with Crippen LogP contribution in [0, 0.1) is 23.0 Å². The van der Waals surface area contributed by atoms with Crippen molar-refractivity contribution in [2.24, 2.45) is 0 Å². The van der Waals surface area contributed by atoms with Crippen LogP contribution in [-0.4, -0.2) is 11.9 Å². The summed E-state index contributed by atoms with van der Waals surface area (Å²) < 4.78 is 25.4. The lowest BCUT2D eigenvalue weighted by atomic mass is 10.1. The van der Waals surface area contributed by atoms with E-state index in [1.165, 1.54) is 13.0 Å². The smallest absolute Gasteiger partial charge is 0.225 e. The maximum atomic E-state index is 12.8. The van der Waals surface area contributed by atoms with E-state index in [0.29, 0.717) is 5.56 Å². The normalized spacial score (nSPS) is 11.6. The van der Waals surface area contributed by atoms with Gasteiger partial charge >= 0.3 is 0 Å². The summed E-state index contributed by atoms with van der Waals surface area (Å²) in [5.74, 6) is -2.34. The maximum absolute atomic E-state index is 12.8. The molecule has 1 atom stereocenters. The molecule has 0 aliphatic rings. The van der Waals surface area contributed by atoms with Crippen LogP contribution < -0.4 is 5.32 Å². The SMILES string of the molecule is CC(C#N)NC(=O)Cc1ccc(F)c(F)c1. The minimum Gasteiger partial charge on any atom is -0.340 e. The molecule has 0 saturated carbocycles. The summed E-state index contributed by atoms with van der Waals surface area (Å²) in [5, 5.41) is 10.9. The second-order valence-electron chi connectivity index (χ2n) is 3.34. The quantitative estimate of drug-likeness (QED) is 0.846. The van der Waals surface area contributed by atoms with E-state index in [0.717, 1.165) is 12.1 Å². The summed E-state index contributed by atoms with van der Waals surface area (Å²) in [6.45, 7) is 1.53. The van der Waals surface area contributed by atoms with E-state index >= 15 is 0 Å². The Balaban J connectivity index is 2.64. The van der Waals surface area contributed by atoms with Crippen molar-refractivity contribution in [1.82, 2.24) is 5.32 Å².